The average molecular weight is 554 g/mol. The number of allylic oxidation sites excluding steroid dienone is 1. The number of hydrogen-bond acceptors (Lipinski definition) is 0. The third kappa shape index (κ3) is 3.55. The summed E-state index contributed by atoms with van der Waals surface area (Å²) in [6.07, 6.45) is 6.47. The van der Waals surface area contributed by atoms with Gasteiger partial charge < -0.3 is 4.57 Å². The van der Waals surface area contributed by atoms with Crippen LogP contribution in [0, 0.1) is 0 Å². The second-order valence-corrected chi connectivity index (χ2v) is 11.8. The van der Waals surface area contributed by atoms with Gasteiger partial charge >= 0.3 is 0 Å². The standard InChI is InChI=1S/C40H31N3/c1-27-40-33-15-3-2-14-32(33)35-16-9-11-25-42(35)39(40)23-21-28-20-22-29(26-34(28)36-17-8-10-24-41(27)36)43-37-18-6-4-12-30(37)31-13-5-7-19-38(31)43/h2-20,22,24-26,39-40H,1,21,23H2/q+2. The summed E-state index contributed by atoms with van der Waals surface area (Å²) in [7, 11) is 0. The molecule has 0 saturated carbocycles. The van der Waals surface area contributed by atoms with Crippen LogP contribution in [-0.2, 0) is 6.42 Å². The molecule has 4 aromatic carbocycles. The predicted molar refractivity (Wildman–Crippen MR) is 174 cm³/mol. The van der Waals surface area contributed by atoms with Gasteiger partial charge in [0, 0.05) is 47.1 Å². The van der Waals surface area contributed by atoms with Crippen LogP contribution in [0.4, 0.5) is 0 Å². The lowest BCUT2D eigenvalue weighted by atomic mass is 9.79. The lowest BCUT2D eigenvalue weighted by molar-refractivity contribution is -0.720. The van der Waals surface area contributed by atoms with E-state index >= 15 is 0 Å². The topological polar surface area (TPSA) is 12.7 Å². The molecule has 3 nitrogen and oxygen atoms in total. The van der Waals surface area contributed by atoms with Crippen LogP contribution in [0.5, 0.6) is 0 Å². The molecule has 0 saturated heterocycles. The van der Waals surface area contributed by atoms with Gasteiger partial charge in [0.2, 0.25) is 11.4 Å². The minimum absolute atomic E-state index is 0.161. The second kappa shape index (κ2) is 9.37. The monoisotopic (exact) mass is 553 g/mol. The van der Waals surface area contributed by atoms with Gasteiger partial charge in [-0.1, -0.05) is 60.7 Å². The number of aryl methyl sites for hydroxylation is 1. The number of nitrogens with zero attached hydrogens (tertiary/aromatic N) is 3. The van der Waals surface area contributed by atoms with E-state index in [9.17, 15) is 0 Å². The maximum Gasteiger partial charge on any atom is 0.218 e. The minimum Gasteiger partial charge on any atom is -0.309 e. The quantitative estimate of drug-likeness (QED) is 0.181. The van der Waals surface area contributed by atoms with Crippen molar-refractivity contribution in [1.82, 2.24) is 4.57 Å². The zero-order chi connectivity index (χ0) is 28.5. The Morgan fingerprint density at radius 1 is 0.628 bits per heavy atom. The summed E-state index contributed by atoms with van der Waals surface area (Å²) in [6.45, 7) is 4.83. The number of hydrogen-bond donors (Lipinski definition) is 0. The van der Waals surface area contributed by atoms with Crippen LogP contribution in [0.2, 0.25) is 0 Å². The molecule has 43 heavy (non-hydrogen) atoms. The fraction of sp³-hybridized carbons (Fsp3) is 0.100. The van der Waals surface area contributed by atoms with Gasteiger partial charge in [0.1, 0.15) is 5.92 Å². The minimum atomic E-state index is 0.161. The van der Waals surface area contributed by atoms with E-state index in [0.717, 1.165) is 18.5 Å². The first kappa shape index (κ1) is 24.3. The third-order valence-electron chi connectivity index (χ3n) is 9.65. The van der Waals surface area contributed by atoms with Crippen molar-refractivity contribution in [2.24, 2.45) is 0 Å². The predicted octanol–water partition coefficient (Wildman–Crippen LogP) is 8.45. The molecule has 0 bridgehead atoms. The van der Waals surface area contributed by atoms with Crippen molar-refractivity contribution in [2.75, 3.05) is 0 Å². The van der Waals surface area contributed by atoms with Gasteiger partial charge in [-0.2, -0.15) is 9.13 Å². The molecule has 2 aliphatic heterocycles. The van der Waals surface area contributed by atoms with Gasteiger partial charge in [0.25, 0.3) is 0 Å². The third-order valence-corrected chi connectivity index (χ3v) is 9.65. The zero-order valence-corrected chi connectivity index (χ0v) is 23.9. The maximum absolute atomic E-state index is 4.83. The smallest absolute Gasteiger partial charge is 0.218 e. The number of fused-ring (bicyclic) bond motifs is 12. The molecule has 204 valence electrons. The highest BCUT2D eigenvalue weighted by molar-refractivity contribution is 6.09. The Balaban J connectivity index is 1.28. The van der Waals surface area contributed by atoms with E-state index in [2.05, 4.69) is 153 Å². The molecule has 7 aromatic rings. The summed E-state index contributed by atoms with van der Waals surface area (Å²) < 4.78 is 7.27. The average Bonchev–Trinajstić information content (AvgIpc) is 3.43. The molecule has 3 aromatic heterocycles. The fourth-order valence-corrected chi connectivity index (χ4v) is 7.78. The molecule has 0 fully saturated rings. The van der Waals surface area contributed by atoms with E-state index in [1.807, 2.05) is 0 Å². The Morgan fingerprint density at radius 3 is 2.12 bits per heavy atom. The SMILES string of the molecule is C=C1C2c3ccccc3-c3cccc[n+]3C2CCc2ccc(-n3c4ccccc4c4ccccc43)cc2-c2cccc[n+]21. The van der Waals surface area contributed by atoms with Crippen LogP contribution in [0.25, 0.3) is 55.7 Å². The van der Waals surface area contributed by atoms with E-state index in [1.165, 1.54) is 61.1 Å². The van der Waals surface area contributed by atoms with Crippen molar-refractivity contribution in [2.45, 2.75) is 24.8 Å². The molecule has 0 radical (unpaired) electrons. The summed E-state index contributed by atoms with van der Waals surface area (Å²) >= 11 is 0. The highest BCUT2D eigenvalue weighted by atomic mass is 15.1. The Hall–Kier alpha value is -5.28. The van der Waals surface area contributed by atoms with Crippen LogP contribution in [-0.4, -0.2) is 4.57 Å². The molecule has 0 amide bonds. The largest absolute Gasteiger partial charge is 0.309 e. The molecule has 2 aliphatic rings. The van der Waals surface area contributed by atoms with Crippen molar-refractivity contribution < 1.29 is 9.13 Å². The molecular weight excluding hydrogens is 522 g/mol. The van der Waals surface area contributed by atoms with Crippen molar-refractivity contribution in [3.05, 3.63) is 157 Å². The number of aromatic nitrogens is 3. The molecule has 2 atom stereocenters. The van der Waals surface area contributed by atoms with Crippen LogP contribution in [0.15, 0.2) is 146 Å². The Kier molecular flexibility index (Phi) is 5.30. The lowest BCUT2D eigenvalue weighted by Crippen LogP contribution is -2.50. The first-order valence-corrected chi connectivity index (χ1v) is 15.2. The molecule has 5 heterocycles. The summed E-state index contributed by atoms with van der Waals surface area (Å²) in [5, 5.41) is 2.56. The van der Waals surface area contributed by atoms with Crippen molar-refractivity contribution >= 4 is 27.5 Å². The molecule has 9 rings (SSSR count). The van der Waals surface area contributed by atoms with E-state index in [0.29, 0.717) is 0 Å². The number of rotatable bonds is 1. The van der Waals surface area contributed by atoms with Gasteiger partial charge in [-0.05, 0) is 66.6 Å². The molecule has 2 unspecified atom stereocenters. The maximum atomic E-state index is 4.83. The Labute approximate surface area is 251 Å². The van der Waals surface area contributed by atoms with Gasteiger partial charge in [0.15, 0.2) is 24.1 Å². The van der Waals surface area contributed by atoms with Gasteiger partial charge in [-0.15, -0.1) is 0 Å². The molecule has 0 N–H and O–H groups in total. The van der Waals surface area contributed by atoms with Crippen molar-refractivity contribution in [3.63, 3.8) is 0 Å². The Bertz CT molecular complexity index is 2180. The molecule has 3 heteroatoms. The van der Waals surface area contributed by atoms with E-state index in [1.54, 1.807) is 0 Å². The van der Waals surface area contributed by atoms with Crippen LogP contribution >= 0.6 is 0 Å². The highest BCUT2D eigenvalue weighted by Crippen LogP contribution is 2.45. The molecule has 0 aliphatic carbocycles. The fourth-order valence-electron chi connectivity index (χ4n) is 7.78. The normalized spacial score (nSPS) is 17.2. The number of pyridine rings is 2. The highest BCUT2D eigenvalue weighted by Gasteiger charge is 2.45. The summed E-state index contributed by atoms with van der Waals surface area (Å²) in [6, 6.07) is 46.9. The first-order chi connectivity index (χ1) is 21.3. The summed E-state index contributed by atoms with van der Waals surface area (Å²) in [5.41, 5.74) is 12.5. The van der Waals surface area contributed by atoms with Gasteiger partial charge in [-0.25, -0.2) is 0 Å². The van der Waals surface area contributed by atoms with E-state index in [4.69, 9.17) is 6.58 Å². The van der Waals surface area contributed by atoms with E-state index in [-0.39, 0.29) is 12.0 Å². The lowest BCUT2D eigenvalue weighted by Gasteiger charge is -2.29. The van der Waals surface area contributed by atoms with Crippen LogP contribution in [0.3, 0.4) is 0 Å². The first-order valence-electron chi connectivity index (χ1n) is 15.2. The van der Waals surface area contributed by atoms with Crippen LogP contribution < -0.4 is 9.13 Å². The van der Waals surface area contributed by atoms with E-state index < -0.39 is 0 Å². The van der Waals surface area contributed by atoms with Crippen molar-refractivity contribution in [1.29, 1.82) is 0 Å². The van der Waals surface area contributed by atoms with Crippen LogP contribution in [0.1, 0.15) is 29.5 Å². The molecular formula is C40H31N3+2. The second-order valence-electron chi connectivity index (χ2n) is 11.8. The van der Waals surface area contributed by atoms with Gasteiger partial charge in [-0.3, -0.25) is 0 Å². The summed E-state index contributed by atoms with van der Waals surface area (Å²) in [4.78, 5) is 0. The number of benzene rings is 4. The molecule has 0 spiro atoms. The summed E-state index contributed by atoms with van der Waals surface area (Å²) in [5.74, 6) is 0.161. The zero-order valence-electron chi connectivity index (χ0n) is 23.9. The number of para-hydroxylation sites is 2. The van der Waals surface area contributed by atoms with Crippen molar-refractivity contribution in [3.8, 4) is 28.2 Å². The van der Waals surface area contributed by atoms with Gasteiger partial charge in [0.05, 0.1) is 22.2 Å². The Morgan fingerprint density at radius 2 is 1.30 bits per heavy atom.